The molecule has 1 fully saturated rings. The Labute approximate surface area is 192 Å². The molecule has 2 N–H and O–H groups in total. The molecular formula is C24H40N2O6. The van der Waals surface area contributed by atoms with Crippen LogP contribution in [0, 0.1) is 5.92 Å². The van der Waals surface area contributed by atoms with Gasteiger partial charge in [0.2, 0.25) is 5.91 Å². The number of esters is 1. The van der Waals surface area contributed by atoms with Gasteiger partial charge in [0.1, 0.15) is 23.0 Å². The van der Waals surface area contributed by atoms with Crippen molar-refractivity contribution in [1.82, 2.24) is 10.2 Å². The van der Waals surface area contributed by atoms with Crippen molar-refractivity contribution < 1.29 is 29.0 Å². The lowest BCUT2D eigenvalue weighted by Gasteiger charge is -2.33. The molecule has 8 nitrogen and oxygen atoms in total. The topological polar surface area (TPSA) is 105 Å². The number of amides is 2. The van der Waals surface area contributed by atoms with E-state index in [1.165, 1.54) is 18.0 Å². The van der Waals surface area contributed by atoms with E-state index in [1.54, 1.807) is 41.5 Å². The van der Waals surface area contributed by atoms with Gasteiger partial charge >= 0.3 is 12.1 Å². The van der Waals surface area contributed by atoms with Crippen LogP contribution in [0.2, 0.25) is 0 Å². The fourth-order valence-electron chi connectivity index (χ4n) is 3.68. The molecule has 182 valence electrons. The number of aliphatic hydroxyl groups is 1. The second-order valence-electron chi connectivity index (χ2n) is 10.2. The maximum Gasteiger partial charge on any atom is 0.411 e. The minimum Gasteiger partial charge on any atom is -0.511 e. The average Bonchev–Trinajstić information content (AvgIpc) is 2.96. The van der Waals surface area contributed by atoms with Gasteiger partial charge in [0.05, 0.1) is 0 Å². The van der Waals surface area contributed by atoms with Crippen LogP contribution in [0.15, 0.2) is 24.1 Å². The van der Waals surface area contributed by atoms with Gasteiger partial charge in [-0.3, -0.25) is 9.69 Å². The second-order valence-corrected chi connectivity index (χ2v) is 10.2. The Morgan fingerprint density at radius 2 is 1.69 bits per heavy atom. The summed E-state index contributed by atoms with van der Waals surface area (Å²) in [6.07, 6.45) is 6.51. The molecule has 0 aliphatic carbocycles. The molecule has 1 aliphatic heterocycles. The number of hydrogen-bond acceptors (Lipinski definition) is 6. The van der Waals surface area contributed by atoms with Gasteiger partial charge in [-0.25, -0.2) is 9.59 Å². The zero-order valence-electron chi connectivity index (χ0n) is 20.7. The van der Waals surface area contributed by atoms with Gasteiger partial charge in [-0.05, 0) is 73.6 Å². The number of rotatable bonds is 7. The van der Waals surface area contributed by atoms with Gasteiger partial charge in [0, 0.05) is 25.6 Å². The van der Waals surface area contributed by atoms with E-state index >= 15 is 0 Å². The van der Waals surface area contributed by atoms with Crippen molar-refractivity contribution in [3.63, 3.8) is 0 Å². The van der Waals surface area contributed by atoms with Crippen molar-refractivity contribution in [1.29, 1.82) is 0 Å². The first kappa shape index (κ1) is 27.5. The number of hydrogen-bond donors (Lipinski definition) is 2. The SMILES string of the molecule is C/C=C\[C@@H]1C[C@H](C(=O)OC(C)(C)C)N(C(=O)OC(C)(C)C)[C@@H]1CCC/C(O)=C/NC(C)=O. The lowest BCUT2D eigenvalue weighted by atomic mass is 9.94. The van der Waals surface area contributed by atoms with Crippen molar-refractivity contribution in [3.05, 3.63) is 24.1 Å². The maximum absolute atomic E-state index is 13.1. The first-order chi connectivity index (χ1) is 14.6. The fourth-order valence-corrected chi connectivity index (χ4v) is 3.68. The molecular weight excluding hydrogens is 412 g/mol. The van der Waals surface area contributed by atoms with E-state index in [-0.39, 0.29) is 23.6 Å². The van der Waals surface area contributed by atoms with Crippen molar-refractivity contribution in [2.75, 3.05) is 0 Å². The van der Waals surface area contributed by atoms with E-state index in [0.717, 1.165) is 0 Å². The Balaban J connectivity index is 3.12. The molecule has 1 saturated heterocycles. The lowest BCUT2D eigenvalue weighted by Crippen LogP contribution is -2.49. The third-order valence-corrected chi connectivity index (χ3v) is 4.78. The molecule has 1 aliphatic rings. The summed E-state index contributed by atoms with van der Waals surface area (Å²) in [7, 11) is 0. The quantitative estimate of drug-likeness (QED) is 0.332. The van der Waals surface area contributed by atoms with Gasteiger partial charge in [0.25, 0.3) is 0 Å². The van der Waals surface area contributed by atoms with Crippen molar-refractivity contribution >= 4 is 18.0 Å². The Morgan fingerprint density at radius 1 is 1.09 bits per heavy atom. The van der Waals surface area contributed by atoms with E-state index in [9.17, 15) is 19.5 Å². The van der Waals surface area contributed by atoms with Crippen LogP contribution in [0.4, 0.5) is 4.79 Å². The highest BCUT2D eigenvalue weighted by atomic mass is 16.6. The first-order valence-electron chi connectivity index (χ1n) is 11.2. The van der Waals surface area contributed by atoms with E-state index in [0.29, 0.717) is 25.7 Å². The summed E-state index contributed by atoms with van der Waals surface area (Å²) in [5.41, 5.74) is -1.39. The first-order valence-corrected chi connectivity index (χ1v) is 11.2. The molecule has 3 atom stereocenters. The Hall–Kier alpha value is -2.51. The van der Waals surface area contributed by atoms with Gasteiger partial charge < -0.3 is 19.9 Å². The lowest BCUT2D eigenvalue weighted by molar-refractivity contribution is -0.160. The number of carbonyl (C=O) groups excluding carboxylic acids is 3. The van der Waals surface area contributed by atoms with E-state index in [2.05, 4.69) is 5.32 Å². The zero-order valence-corrected chi connectivity index (χ0v) is 20.7. The maximum atomic E-state index is 13.1. The molecule has 0 bridgehead atoms. The van der Waals surface area contributed by atoms with Crippen LogP contribution < -0.4 is 5.32 Å². The standard InChI is InChI=1S/C24H40N2O6/c1-9-11-17-14-20(21(29)31-23(3,4)5)26(22(30)32-24(6,7)8)19(17)13-10-12-18(28)15-25-16(2)27/h9,11,15,17,19-20,28H,10,12-14H2,1-8H3,(H,25,27)/b11-9-,18-15-/t17-,19-,20-/m1/s1. The van der Waals surface area contributed by atoms with E-state index in [1.807, 2.05) is 19.1 Å². The second kappa shape index (κ2) is 11.4. The molecule has 0 radical (unpaired) electrons. The number of likely N-dealkylation sites (tertiary alicyclic amines) is 1. The minimum absolute atomic E-state index is 0.0493. The van der Waals surface area contributed by atoms with Gasteiger partial charge in [-0.15, -0.1) is 0 Å². The number of allylic oxidation sites excluding steroid dienone is 2. The predicted molar refractivity (Wildman–Crippen MR) is 123 cm³/mol. The van der Waals surface area contributed by atoms with E-state index < -0.39 is 29.3 Å². The normalized spacial score (nSPS) is 22.2. The highest BCUT2D eigenvalue weighted by Gasteiger charge is 2.48. The molecule has 1 heterocycles. The largest absolute Gasteiger partial charge is 0.511 e. The monoisotopic (exact) mass is 452 g/mol. The fraction of sp³-hybridized carbons (Fsp3) is 0.708. The summed E-state index contributed by atoms with van der Waals surface area (Å²) in [6, 6.07) is -1.04. The molecule has 1 rings (SSSR count). The molecule has 8 heteroatoms. The third kappa shape index (κ3) is 9.32. The van der Waals surface area contributed by atoms with Crippen LogP contribution in [0.25, 0.3) is 0 Å². The minimum atomic E-state index is -0.751. The van der Waals surface area contributed by atoms with Crippen LogP contribution in [0.5, 0.6) is 0 Å². The van der Waals surface area contributed by atoms with Crippen LogP contribution in [-0.2, 0) is 19.1 Å². The molecule has 0 aromatic carbocycles. The van der Waals surface area contributed by atoms with Crippen LogP contribution in [-0.4, -0.2) is 51.3 Å². The smallest absolute Gasteiger partial charge is 0.411 e. The highest BCUT2D eigenvalue weighted by Crippen LogP contribution is 2.36. The number of nitrogens with one attached hydrogen (secondary N) is 1. The number of aliphatic hydroxyl groups excluding tert-OH is 1. The average molecular weight is 453 g/mol. The van der Waals surface area contributed by atoms with Crippen LogP contribution in [0.1, 0.15) is 81.1 Å². The van der Waals surface area contributed by atoms with Gasteiger partial charge in [-0.2, -0.15) is 0 Å². The van der Waals surface area contributed by atoms with Gasteiger partial charge in [-0.1, -0.05) is 12.2 Å². The van der Waals surface area contributed by atoms with Gasteiger partial charge in [0.15, 0.2) is 0 Å². The number of ether oxygens (including phenoxy) is 2. The predicted octanol–water partition coefficient (Wildman–Crippen LogP) is 4.60. The summed E-state index contributed by atoms with van der Waals surface area (Å²) in [5, 5.41) is 12.4. The molecule has 0 spiro atoms. The Bertz CT molecular complexity index is 730. The molecule has 32 heavy (non-hydrogen) atoms. The van der Waals surface area contributed by atoms with Crippen molar-refractivity contribution in [2.45, 2.75) is 104 Å². The summed E-state index contributed by atoms with van der Waals surface area (Å²) < 4.78 is 11.2. The Morgan fingerprint density at radius 3 is 2.19 bits per heavy atom. The molecule has 0 aromatic heterocycles. The van der Waals surface area contributed by atoms with Crippen molar-refractivity contribution in [3.8, 4) is 0 Å². The summed E-state index contributed by atoms with van der Waals surface area (Å²) in [5.74, 6) is -0.717. The molecule has 0 aromatic rings. The Kier molecular flexibility index (Phi) is 9.79. The molecule has 0 unspecified atom stereocenters. The number of nitrogens with zero attached hydrogens (tertiary/aromatic N) is 1. The highest BCUT2D eigenvalue weighted by molar-refractivity contribution is 5.83. The van der Waals surface area contributed by atoms with Crippen molar-refractivity contribution in [2.24, 2.45) is 5.92 Å². The molecule has 0 saturated carbocycles. The van der Waals surface area contributed by atoms with Crippen LogP contribution in [0.3, 0.4) is 0 Å². The number of carbonyl (C=O) groups is 3. The zero-order chi connectivity index (χ0) is 24.7. The van der Waals surface area contributed by atoms with E-state index in [4.69, 9.17) is 9.47 Å². The third-order valence-electron chi connectivity index (χ3n) is 4.78. The molecule has 2 amide bonds. The summed E-state index contributed by atoms with van der Waals surface area (Å²) in [6.45, 7) is 14.0. The summed E-state index contributed by atoms with van der Waals surface area (Å²) >= 11 is 0. The van der Waals surface area contributed by atoms with Crippen LogP contribution >= 0.6 is 0 Å². The summed E-state index contributed by atoms with van der Waals surface area (Å²) in [4.78, 5) is 38.6.